The highest BCUT2D eigenvalue weighted by molar-refractivity contribution is 14.0. The van der Waals surface area contributed by atoms with Gasteiger partial charge in [-0.05, 0) is 57.6 Å². The van der Waals surface area contributed by atoms with Gasteiger partial charge in [-0.25, -0.2) is 4.79 Å². The van der Waals surface area contributed by atoms with E-state index in [1.165, 1.54) is 16.5 Å². The summed E-state index contributed by atoms with van der Waals surface area (Å²) in [6.45, 7) is 8.87. The average Bonchev–Trinajstić information content (AvgIpc) is 3.13. The molecule has 1 fully saturated rings. The van der Waals surface area contributed by atoms with Gasteiger partial charge in [0, 0.05) is 50.3 Å². The van der Waals surface area contributed by atoms with Crippen LogP contribution in [0.4, 0.5) is 4.79 Å². The second kappa shape index (κ2) is 11.6. The number of carbonyl (C=O) groups excluding carboxylic acids is 1. The normalized spacial score (nSPS) is 15.5. The Morgan fingerprint density at radius 1 is 1.23 bits per heavy atom. The zero-order valence-electron chi connectivity index (χ0n) is 19.0. The van der Waals surface area contributed by atoms with Crippen molar-refractivity contribution in [3.63, 3.8) is 0 Å². The molecule has 0 unspecified atom stereocenters. The summed E-state index contributed by atoms with van der Waals surface area (Å²) in [5.74, 6) is 1.35. The molecule has 0 saturated carbocycles. The van der Waals surface area contributed by atoms with Crippen molar-refractivity contribution < 1.29 is 9.53 Å². The lowest BCUT2D eigenvalue weighted by Gasteiger charge is -2.33. The number of aromatic nitrogens is 1. The number of rotatable bonds is 5. The van der Waals surface area contributed by atoms with Crippen LogP contribution in [0.5, 0.6) is 0 Å². The van der Waals surface area contributed by atoms with E-state index in [2.05, 4.69) is 45.0 Å². The molecule has 3 rings (SSSR count). The molecule has 1 aromatic heterocycles. The lowest BCUT2D eigenvalue weighted by Crippen LogP contribution is -2.45. The molecule has 2 heterocycles. The summed E-state index contributed by atoms with van der Waals surface area (Å²) in [6.07, 6.45) is 4.75. The number of amides is 1. The third-order valence-electron chi connectivity index (χ3n) is 5.41. The number of hydrogen-bond donors (Lipinski definition) is 3. The van der Waals surface area contributed by atoms with E-state index in [4.69, 9.17) is 4.74 Å². The Bertz CT molecular complexity index is 866. The molecule has 172 valence electrons. The number of aliphatic imine (C=N–C) groups is 1. The first-order valence-electron chi connectivity index (χ1n) is 10.8. The summed E-state index contributed by atoms with van der Waals surface area (Å²) in [4.78, 5) is 21.7. The predicted molar refractivity (Wildman–Crippen MR) is 137 cm³/mol. The minimum Gasteiger partial charge on any atom is -0.444 e. The number of piperidine rings is 1. The third kappa shape index (κ3) is 7.59. The first-order valence-corrected chi connectivity index (χ1v) is 10.8. The van der Waals surface area contributed by atoms with Crippen LogP contribution in [0.1, 0.15) is 39.2 Å². The van der Waals surface area contributed by atoms with Gasteiger partial charge in [0.05, 0.1) is 0 Å². The Morgan fingerprint density at radius 3 is 2.61 bits per heavy atom. The number of hydrogen-bond acceptors (Lipinski definition) is 3. The van der Waals surface area contributed by atoms with Crippen LogP contribution in [0.15, 0.2) is 35.5 Å². The molecule has 0 spiro atoms. The van der Waals surface area contributed by atoms with Crippen molar-refractivity contribution in [3.05, 3.63) is 36.0 Å². The fourth-order valence-electron chi connectivity index (χ4n) is 3.76. The Hall–Kier alpha value is -1.97. The monoisotopic (exact) mass is 541 g/mol. The molecule has 31 heavy (non-hydrogen) atoms. The van der Waals surface area contributed by atoms with E-state index in [0.29, 0.717) is 5.92 Å². The minimum atomic E-state index is -0.444. The summed E-state index contributed by atoms with van der Waals surface area (Å²) in [5.41, 5.74) is 2.04. The SMILES string of the molecule is CN=C(NCCc1c[nH]c2ccccc12)NCC1CCN(C(=O)OC(C)(C)C)CC1.I. The number of carbonyl (C=O) groups is 1. The van der Waals surface area contributed by atoms with Crippen molar-refractivity contribution in [3.8, 4) is 0 Å². The number of nitrogens with one attached hydrogen (secondary N) is 3. The molecular formula is C23H36IN5O2. The molecule has 1 aromatic carbocycles. The number of H-pyrrole nitrogens is 1. The molecule has 1 saturated heterocycles. The maximum atomic E-state index is 12.2. The topological polar surface area (TPSA) is 81.8 Å². The van der Waals surface area contributed by atoms with Crippen LogP contribution in [0.2, 0.25) is 0 Å². The molecule has 3 N–H and O–H groups in total. The smallest absolute Gasteiger partial charge is 0.410 e. The maximum absolute atomic E-state index is 12.2. The van der Waals surface area contributed by atoms with E-state index in [-0.39, 0.29) is 30.1 Å². The highest BCUT2D eigenvalue weighted by atomic mass is 127. The molecule has 1 aliphatic rings. The summed E-state index contributed by atoms with van der Waals surface area (Å²) < 4.78 is 5.47. The molecular weight excluding hydrogens is 505 g/mol. The van der Waals surface area contributed by atoms with E-state index in [1.54, 1.807) is 7.05 Å². The van der Waals surface area contributed by atoms with Gasteiger partial charge in [-0.15, -0.1) is 24.0 Å². The predicted octanol–water partition coefficient (Wildman–Crippen LogP) is 4.14. The molecule has 1 amide bonds. The van der Waals surface area contributed by atoms with Crippen molar-refractivity contribution in [1.29, 1.82) is 0 Å². The van der Waals surface area contributed by atoms with Gasteiger partial charge in [0.2, 0.25) is 0 Å². The van der Waals surface area contributed by atoms with E-state index >= 15 is 0 Å². The largest absolute Gasteiger partial charge is 0.444 e. The quantitative estimate of drug-likeness (QED) is 0.302. The van der Waals surface area contributed by atoms with E-state index in [0.717, 1.165) is 51.4 Å². The zero-order chi connectivity index (χ0) is 21.6. The van der Waals surface area contributed by atoms with Gasteiger partial charge >= 0.3 is 6.09 Å². The molecule has 8 heteroatoms. The van der Waals surface area contributed by atoms with Gasteiger partial charge in [0.25, 0.3) is 0 Å². The van der Waals surface area contributed by atoms with Crippen LogP contribution in [-0.4, -0.2) is 60.8 Å². The number of para-hydroxylation sites is 1. The third-order valence-corrected chi connectivity index (χ3v) is 5.41. The Kier molecular flexibility index (Phi) is 9.46. The maximum Gasteiger partial charge on any atom is 0.410 e. The number of guanidine groups is 1. The van der Waals surface area contributed by atoms with E-state index in [1.807, 2.05) is 31.7 Å². The Labute approximate surface area is 202 Å². The number of ether oxygens (including phenoxy) is 1. The van der Waals surface area contributed by atoms with Gasteiger partial charge in [-0.2, -0.15) is 0 Å². The van der Waals surface area contributed by atoms with E-state index < -0.39 is 5.60 Å². The first-order chi connectivity index (χ1) is 14.4. The van der Waals surface area contributed by atoms with Crippen LogP contribution in [0.3, 0.4) is 0 Å². The van der Waals surface area contributed by atoms with Crippen LogP contribution < -0.4 is 10.6 Å². The number of nitrogens with zero attached hydrogens (tertiary/aromatic N) is 2. The molecule has 7 nitrogen and oxygen atoms in total. The van der Waals surface area contributed by atoms with Gasteiger partial charge in [0.15, 0.2) is 5.96 Å². The van der Waals surface area contributed by atoms with Crippen molar-refractivity contribution in [2.45, 2.75) is 45.6 Å². The van der Waals surface area contributed by atoms with Crippen molar-refractivity contribution in [1.82, 2.24) is 20.5 Å². The summed E-state index contributed by atoms with van der Waals surface area (Å²) in [7, 11) is 1.80. The van der Waals surface area contributed by atoms with Gasteiger partial charge in [-0.3, -0.25) is 4.99 Å². The second-order valence-corrected chi connectivity index (χ2v) is 8.90. The number of benzene rings is 1. The number of aromatic amines is 1. The number of fused-ring (bicyclic) bond motifs is 1. The van der Waals surface area contributed by atoms with Crippen LogP contribution in [-0.2, 0) is 11.2 Å². The molecule has 0 bridgehead atoms. The number of halogens is 1. The highest BCUT2D eigenvalue weighted by Gasteiger charge is 2.26. The van der Waals surface area contributed by atoms with Crippen molar-refractivity contribution >= 4 is 46.9 Å². The van der Waals surface area contributed by atoms with Crippen LogP contribution >= 0.6 is 24.0 Å². The Morgan fingerprint density at radius 2 is 1.94 bits per heavy atom. The molecule has 0 aliphatic carbocycles. The molecule has 0 atom stereocenters. The highest BCUT2D eigenvalue weighted by Crippen LogP contribution is 2.19. The Balaban J connectivity index is 0.00000341. The second-order valence-electron chi connectivity index (χ2n) is 8.90. The number of likely N-dealkylation sites (tertiary alicyclic amines) is 1. The lowest BCUT2D eigenvalue weighted by molar-refractivity contribution is 0.0185. The standard InChI is InChI=1S/C23H35N5O2.HI/c1-23(2,3)30-22(29)28-13-10-17(11-14-28)15-27-21(24-4)25-12-9-18-16-26-20-8-6-5-7-19(18)20;/h5-8,16-17,26H,9-15H2,1-4H3,(H2,24,25,27);1H. The zero-order valence-corrected chi connectivity index (χ0v) is 21.4. The molecule has 1 aliphatic heterocycles. The van der Waals surface area contributed by atoms with Crippen molar-refractivity contribution in [2.24, 2.45) is 10.9 Å². The lowest BCUT2D eigenvalue weighted by atomic mass is 9.97. The van der Waals surface area contributed by atoms with Crippen LogP contribution in [0, 0.1) is 5.92 Å². The van der Waals surface area contributed by atoms with Crippen LogP contribution in [0.25, 0.3) is 10.9 Å². The molecule has 2 aromatic rings. The van der Waals surface area contributed by atoms with Gasteiger partial charge < -0.3 is 25.3 Å². The summed E-state index contributed by atoms with van der Waals surface area (Å²) >= 11 is 0. The first kappa shape index (κ1) is 25.3. The summed E-state index contributed by atoms with van der Waals surface area (Å²) in [6, 6.07) is 8.37. The van der Waals surface area contributed by atoms with Crippen molar-refractivity contribution in [2.75, 3.05) is 33.2 Å². The van der Waals surface area contributed by atoms with Gasteiger partial charge in [-0.1, -0.05) is 18.2 Å². The minimum absolute atomic E-state index is 0. The van der Waals surface area contributed by atoms with Gasteiger partial charge in [0.1, 0.15) is 5.60 Å². The fraction of sp³-hybridized carbons (Fsp3) is 0.565. The summed E-state index contributed by atoms with van der Waals surface area (Å²) in [5, 5.41) is 8.12. The van der Waals surface area contributed by atoms with E-state index in [9.17, 15) is 4.79 Å². The fourth-order valence-corrected chi connectivity index (χ4v) is 3.76. The molecule has 0 radical (unpaired) electrons. The average molecular weight is 541 g/mol.